The van der Waals surface area contributed by atoms with Gasteiger partial charge in [0.15, 0.2) is 11.2 Å². The van der Waals surface area contributed by atoms with E-state index < -0.39 is 5.69 Å². The number of para-hydroxylation sites is 1. The summed E-state index contributed by atoms with van der Waals surface area (Å²) >= 11 is 0. The monoisotopic (exact) mass is 452 g/mol. The fraction of sp³-hybridized carbons (Fsp3) is 0.148. The lowest BCUT2D eigenvalue weighted by Crippen LogP contribution is -2.40. The van der Waals surface area contributed by atoms with Crippen LogP contribution in [0.4, 0.5) is 0 Å². The van der Waals surface area contributed by atoms with Crippen LogP contribution in [-0.2, 0) is 19.5 Å². The van der Waals surface area contributed by atoms with Gasteiger partial charge in [0.25, 0.3) is 5.56 Å². The van der Waals surface area contributed by atoms with Gasteiger partial charge in [-0.3, -0.25) is 9.36 Å². The zero-order valence-electron chi connectivity index (χ0n) is 18.8. The van der Waals surface area contributed by atoms with Crippen LogP contribution in [0.2, 0.25) is 0 Å². The lowest BCUT2D eigenvalue weighted by atomic mass is 10.1. The Balaban J connectivity index is 1.65. The molecule has 7 nitrogen and oxygen atoms in total. The van der Waals surface area contributed by atoms with Crippen LogP contribution in [0.25, 0.3) is 16.9 Å². The standard InChI is InChI=1S/C27H24N4O3/c1-34-23-14-12-21(13-15-23)18-29-19-28-25-24(29)26(32)30(17-16-20-8-4-2-5-9-20)27(33)31(25)22-10-6-3-7-11-22/h2-15,19H,16-18H2,1H3. The predicted octanol–water partition coefficient (Wildman–Crippen LogP) is 3.65. The van der Waals surface area contributed by atoms with Gasteiger partial charge >= 0.3 is 5.69 Å². The fourth-order valence-corrected chi connectivity index (χ4v) is 4.12. The fourth-order valence-electron chi connectivity index (χ4n) is 4.12. The largest absolute Gasteiger partial charge is 0.497 e. The summed E-state index contributed by atoms with van der Waals surface area (Å²) in [5, 5.41) is 0. The Morgan fingerprint density at radius 3 is 2.18 bits per heavy atom. The first kappa shape index (κ1) is 21.5. The van der Waals surface area contributed by atoms with Crippen LogP contribution in [0.5, 0.6) is 5.75 Å². The van der Waals surface area contributed by atoms with Crippen molar-refractivity contribution in [2.75, 3.05) is 7.11 Å². The van der Waals surface area contributed by atoms with Crippen molar-refractivity contribution in [2.24, 2.45) is 0 Å². The van der Waals surface area contributed by atoms with E-state index in [-0.39, 0.29) is 12.1 Å². The van der Waals surface area contributed by atoms with Gasteiger partial charge < -0.3 is 9.30 Å². The minimum absolute atomic E-state index is 0.276. The molecule has 0 atom stereocenters. The molecule has 0 radical (unpaired) electrons. The highest BCUT2D eigenvalue weighted by atomic mass is 16.5. The molecule has 2 aromatic heterocycles. The minimum Gasteiger partial charge on any atom is -0.497 e. The molecule has 0 aliphatic rings. The molecule has 5 rings (SSSR count). The summed E-state index contributed by atoms with van der Waals surface area (Å²) < 4.78 is 9.88. The second-order valence-corrected chi connectivity index (χ2v) is 8.04. The van der Waals surface area contributed by atoms with E-state index in [0.717, 1.165) is 16.9 Å². The normalized spacial score (nSPS) is 11.1. The maximum Gasteiger partial charge on any atom is 0.337 e. The van der Waals surface area contributed by atoms with Gasteiger partial charge in [-0.05, 0) is 41.8 Å². The molecular weight excluding hydrogens is 428 g/mol. The average Bonchev–Trinajstić information content (AvgIpc) is 3.29. The summed E-state index contributed by atoms with van der Waals surface area (Å²) in [6.07, 6.45) is 2.19. The van der Waals surface area contributed by atoms with Crippen LogP contribution < -0.4 is 16.0 Å². The van der Waals surface area contributed by atoms with Gasteiger partial charge in [-0.2, -0.15) is 0 Å². The molecule has 5 aromatic rings. The molecule has 0 fully saturated rings. The molecule has 0 aliphatic heterocycles. The first-order valence-electron chi connectivity index (χ1n) is 11.1. The SMILES string of the molecule is COc1ccc(Cn2cnc3c2c(=O)n(CCc2ccccc2)c(=O)n3-c2ccccc2)cc1. The molecule has 0 saturated heterocycles. The zero-order valence-corrected chi connectivity index (χ0v) is 18.8. The quantitative estimate of drug-likeness (QED) is 0.378. The van der Waals surface area contributed by atoms with E-state index in [4.69, 9.17) is 4.74 Å². The Morgan fingerprint density at radius 2 is 1.50 bits per heavy atom. The number of nitrogens with zero attached hydrogens (tertiary/aromatic N) is 4. The number of benzene rings is 3. The minimum atomic E-state index is -0.394. The summed E-state index contributed by atoms with van der Waals surface area (Å²) in [6.45, 7) is 0.722. The lowest BCUT2D eigenvalue weighted by Gasteiger charge is -2.13. The number of fused-ring (bicyclic) bond motifs is 1. The first-order valence-corrected chi connectivity index (χ1v) is 11.1. The van der Waals surface area contributed by atoms with Crippen molar-refractivity contribution in [3.05, 3.63) is 123 Å². The lowest BCUT2D eigenvalue weighted by molar-refractivity contribution is 0.414. The highest BCUT2D eigenvalue weighted by Crippen LogP contribution is 2.16. The van der Waals surface area contributed by atoms with E-state index in [1.165, 1.54) is 9.13 Å². The zero-order chi connectivity index (χ0) is 23.5. The number of methoxy groups -OCH3 is 1. The van der Waals surface area contributed by atoms with Crippen LogP contribution >= 0.6 is 0 Å². The van der Waals surface area contributed by atoms with E-state index in [1.807, 2.05) is 84.9 Å². The molecule has 34 heavy (non-hydrogen) atoms. The van der Waals surface area contributed by atoms with Crippen molar-refractivity contribution < 1.29 is 4.74 Å². The van der Waals surface area contributed by atoms with Crippen molar-refractivity contribution in [2.45, 2.75) is 19.5 Å². The summed E-state index contributed by atoms with van der Waals surface area (Å²) in [5.41, 5.74) is 2.74. The molecule has 0 N–H and O–H groups in total. The first-order chi connectivity index (χ1) is 16.7. The van der Waals surface area contributed by atoms with Gasteiger partial charge in [0.05, 0.1) is 19.1 Å². The van der Waals surface area contributed by atoms with Gasteiger partial charge in [0.2, 0.25) is 0 Å². The number of hydrogen-bond acceptors (Lipinski definition) is 4. The van der Waals surface area contributed by atoms with Crippen LogP contribution in [0, 0.1) is 0 Å². The van der Waals surface area contributed by atoms with Crippen molar-refractivity contribution >= 4 is 11.2 Å². The van der Waals surface area contributed by atoms with E-state index in [9.17, 15) is 9.59 Å². The third-order valence-corrected chi connectivity index (χ3v) is 5.89. The van der Waals surface area contributed by atoms with Crippen LogP contribution in [0.3, 0.4) is 0 Å². The average molecular weight is 453 g/mol. The second kappa shape index (κ2) is 9.23. The number of imidazole rings is 1. The third-order valence-electron chi connectivity index (χ3n) is 5.89. The highest BCUT2D eigenvalue weighted by molar-refractivity contribution is 5.72. The van der Waals surface area contributed by atoms with Gasteiger partial charge in [0.1, 0.15) is 5.75 Å². The maximum absolute atomic E-state index is 13.6. The summed E-state index contributed by atoms with van der Waals surface area (Å²) in [6, 6.07) is 26.8. The molecule has 2 heterocycles. The van der Waals surface area contributed by atoms with Crippen molar-refractivity contribution in [3.63, 3.8) is 0 Å². The number of ether oxygens (including phenoxy) is 1. The summed E-state index contributed by atoms with van der Waals surface area (Å²) in [5.74, 6) is 0.764. The smallest absolute Gasteiger partial charge is 0.337 e. The Kier molecular flexibility index (Phi) is 5.82. The Morgan fingerprint density at radius 1 is 0.824 bits per heavy atom. The van der Waals surface area contributed by atoms with Gasteiger partial charge in [-0.15, -0.1) is 0 Å². The number of rotatable bonds is 7. The summed E-state index contributed by atoms with van der Waals surface area (Å²) in [4.78, 5) is 31.6. The highest BCUT2D eigenvalue weighted by Gasteiger charge is 2.19. The Hall–Kier alpha value is -4.39. The molecule has 3 aromatic carbocycles. The van der Waals surface area contributed by atoms with Gasteiger partial charge in [-0.25, -0.2) is 14.3 Å². The third kappa shape index (κ3) is 4.03. The molecule has 7 heteroatoms. The Labute approximate surface area is 196 Å². The van der Waals surface area contributed by atoms with Crippen LogP contribution in [0.1, 0.15) is 11.1 Å². The van der Waals surface area contributed by atoms with E-state index in [1.54, 1.807) is 18.0 Å². The Bertz CT molecular complexity index is 1530. The van der Waals surface area contributed by atoms with Crippen molar-refractivity contribution in [1.29, 1.82) is 0 Å². The molecule has 0 unspecified atom stereocenters. The number of hydrogen-bond donors (Lipinski definition) is 0. The maximum atomic E-state index is 13.6. The molecule has 0 aliphatic carbocycles. The van der Waals surface area contributed by atoms with Crippen molar-refractivity contribution in [3.8, 4) is 11.4 Å². The van der Waals surface area contributed by atoms with Gasteiger partial charge in [0, 0.05) is 13.1 Å². The number of aromatic nitrogens is 4. The van der Waals surface area contributed by atoms with Crippen LogP contribution in [0.15, 0.2) is 101 Å². The van der Waals surface area contributed by atoms with E-state index >= 15 is 0 Å². The van der Waals surface area contributed by atoms with E-state index in [0.29, 0.717) is 29.8 Å². The molecular formula is C27H24N4O3. The topological polar surface area (TPSA) is 71.1 Å². The molecule has 0 spiro atoms. The van der Waals surface area contributed by atoms with Crippen molar-refractivity contribution in [1.82, 2.24) is 18.7 Å². The number of aryl methyl sites for hydroxylation is 1. The molecule has 0 bridgehead atoms. The van der Waals surface area contributed by atoms with E-state index in [2.05, 4.69) is 4.98 Å². The predicted molar refractivity (Wildman–Crippen MR) is 132 cm³/mol. The molecule has 0 amide bonds. The second-order valence-electron chi connectivity index (χ2n) is 8.04. The van der Waals surface area contributed by atoms with Gasteiger partial charge in [-0.1, -0.05) is 60.7 Å². The summed E-state index contributed by atoms with van der Waals surface area (Å²) in [7, 11) is 1.62. The molecule has 0 saturated carbocycles. The molecule has 170 valence electrons. The van der Waals surface area contributed by atoms with Crippen LogP contribution in [-0.4, -0.2) is 25.8 Å².